The molecule has 68 valence electrons. The molecule has 4 heteroatoms. The summed E-state index contributed by atoms with van der Waals surface area (Å²) >= 11 is 1.55. The number of aryl methyl sites for hydroxylation is 1. The van der Waals surface area contributed by atoms with E-state index in [-0.39, 0.29) is 6.04 Å². The molecule has 0 radical (unpaired) electrons. The first-order valence-corrected chi connectivity index (χ1v) is 4.90. The van der Waals surface area contributed by atoms with Crippen molar-refractivity contribution in [1.29, 1.82) is 0 Å². The summed E-state index contributed by atoms with van der Waals surface area (Å²) in [5, 5.41) is 1.95. The van der Waals surface area contributed by atoms with Crippen LogP contribution in [0.5, 0.6) is 0 Å². The van der Waals surface area contributed by atoms with E-state index in [0.717, 1.165) is 17.0 Å². The van der Waals surface area contributed by atoms with Gasteiger partial charge in [-0.15, -0.1) is 11.3 Å². The summed E-state index contributed by atoms with van der Waals surface area (Å²) in [6.45, 7) is 1.90. The molecule has 0 amide bonds. The van der Waals surface area contributed by atoms with Crippen molar-refractivity contribution in [1.82, 2.24) is 4.98 Å². The standard InChI is InChI=1S/C9H10N2OS/c1-6-2-7(3-12-6)9(10)8-4-13-5-11-8/h2-5,9H,10H2,1H3. The van der Waals surface area contributed by atoms with E-state index in [1.165, 1.54) is 0 Å². The molecule has 3 nitrogen and oxygen atoms in total. The number of nitrogens with zero attached hydrogens (tertiary/aromatic N) is 1. The average Bonchev–Trinajstić information content (AvgIpc) is 2.72. The van der Waals surface area contributed by atoms with E-state index in [4.69, 9.17) is 10.2 Å². The molecule has 0 bridgehead atoms. The third-order valence-electron chi connectivity index (χ3n) is 1.88. The van der Waals surface area contributed by atoms with Crippen molar-refractivity contribution in [2.45, 2.75) is 13.0 Å². The van der Waals surface area contributed by atoms with Crippen LogP contribution in [0, 0.1) is 6.92 Å². The van der Waals surface area contributed by atoms with Crippen LogP contribution in [0.2, 0.25) is 0 Å². The second-order valence-corrected chi connectivity index (χ2v) is 3.60. The lowest BCUT2D eigenvalue weighted by molar-refractivity contribution is 0.530. The van der Waals surface area contributed by atoms with Gasteiger partial charge in [-0.1, -0.05) is 0 Å². The summed E-state index contributed by atoms with van der Waals surface area (Å²) in [4.78, 5) is 4.15. The lowest BCUT2D eigenvalue weighted by Crippen LogP contribution is -2.10. The van der Waals surface area contributed by atoms with Crippen molar-refractivity contribution in [2.75, 3.05) is 0 Å². The van der Waals surface area contributed by atoms with Gasteiger partial charge in [-0.05, 0) is 13.0 Å². The molecular formula is C9H10N2OS. The second-order valence-electron chi connectivity index (χ2n) is 2.88. The Kier molecular flexibility index (Phi) is 2.16. The number of aromatic nitrogens is 1. The predicted octanol–water partition coefficient (Wildman–Crippen LogP) is 2.09. The van der Waals surface area contributed by atoms with Crippen LogP contribution >= 0.6 is 11.3 Å². The van der Waals surface area contributed by atoms with Crippen molar-refractivity contribution in [2.24, 2.45) is 5.73 Å². The first-order chi connectivity index (χ1) is 6.27. The van der Waals surface area contributed by atoms with Gasteiger partial charge in [0.25, 0.3) is 0 Å². The zero-order valence-electron chi connectivity index (χ0n) is 7.23. The maximum Gasteiger partial charge on any atom is 0.101 e. The van der Waals surface area contributed by atoms with Gasteiger partial charge < -0.3 is 10.2 Å². The van der Waals surface area contributed by atoms with Crippen LogP contribution < -0.4 is 5.73 Å². The van der Waals surface area contributed by atoms with Crippen LogP contribution in [0.15, 0.2) is 27.6 Å². The van der Waals surface area contributed by atoms with Gasteiger partial charge in [-0.25, -0.2) is 4.98 Å². The zero-order chi connectivity index (χ0) is 9.26. The lowest BCUT2D eigenvalue weighted by Gasteiger charge is -2.03. The SMILES string of the molecule is Cc1cc(C(N)c2cscn2)co1. The third kappa shape index (κ3) is 1.64. The normalized spacial score (nSPS) is 13.1. The number of hydrogen-bond acceptors (Lipinski definition) is 4. The Morgan fingerprint density at radius 3 is 3.00 bits per heavy atom. The highest BCUT2D eigenvalue weighted by Crippen LogP contribution is 2.20. The molecule has 0 fully saturated rings. The topological polar surface area (TPSA) is 52.0 Å². The van der Waals surface area contributed by atoms with Crippen LogP contribution in [0.25, 0.3) is 0 Å². The minimum atomic E-state index is -0.163. The summed E-state index contributed by atoms with van der Waals surface area (Å²) in [6.07, 6.45) is 1.68. The number of nitrogens with two attached hydrogens (primary N) is 1. The van der Waals surface area contributed by atoms with Crippen molar-refractivity contribution in [3.8, 4) is 0 Å². The number of furan rings is 1. The molecule has 2 aromatic rings. The Bertz CT molecular complexity index is 380. The van der Waals surface area contributed by atoms with Gasteiger partial charge in [0.05, 0.1) is 23.5 Å². The number of hydrogen-bond donors (Lipinski definition) is 1. The van der Waals surface area contributed by atoms with Crippen LogP contribution in [0.4, 0.5) is 0 Å². The molecule has 2 heterocycles. The Morgan fingerprint density at radius 1 is 1.62 bits per heavy atom. The van der Waals surface area contributed by atoms with Crippen molar-refractivity contribution < 1.29 is 4.42 Å². The van der Waals surface area contributed by atoms with Gasteiger partial charge in [0.2, 0.25) is 0 Å². The monoisotopic (exact) mass is 194 g/mol. The molecule has 2 aromatic heterocycles. The molecule has 0 saturated heterocycles. The van der Waals surface area contributed by atoms with Crippen LogP contribution in [0.1, 0.15) is 23.1 Å². The highest BCUT2D eigenvalue weighted by atomic mass is 32.1. The fourth-order valence-corrected chi connectivity index (χ4v) is 1.76. The summed E-state index contributed by atoms with van der Waals surface area (Å²) < 4.78 is 5.18. The maximum absolute atomic E-state index is 5.96. The molecular weight excluding hydrogens is 184 g/mol. The summed E-state index contributed by atoms with van der Waals surface area (Å²) in [7, 11) is 0. The Labute approximate surface area is 80.2 Å². The predicted molar refractivity (Wildman–Crippen MR) is 51.6 cm³/mol. The van der Waals surface area contributed by atoms with Gasteiger partial charge in [0, 0.05) is 10.9 Å². The molecule has 2 N–H and O–H groups in total. The Hall–Kier alpha value is -1.13. The fourth-order valence-electron chi connectivity index (χ4n) is 1.17. The molecule has 2 rings (SSSR count). The fraction of sp³-hybridized carbons (Fsp3) is 0.222. The van der Waals surface area contributed by atoms with Crippen molar-refractivity contribution in [3.63, 3.8) is 0 Å². The summed E-state index contributed by atoms with van der Waals surface area (Å²) in [5.41, 5.74) is 9.61. The summed E-state index contributed by atoms with van der Waals surface area (Å²) in [6, 6.07) is 1.77. The lowest BCUT2D eigenvalue weighted by atomic mass is 10.1. The first-order valence-electron chi connectivity index (χ1n) is 3.96. The molecule has 0 saturated carbocycles. The smallest absolute Gasteiger partial charge is 0.101 e. The van der Waals surface area contributed by atoms with E-state index in [1.54, 1.807) is 23.1 Å². The average molecular weight is 194 g/mol. The van der Waals surface area contributed by atoms with Gasteiger partial charge in [0.15, 0.2) is 0 Å². The van der Waals surface area contributed by atoms with Gasteiger partial charge >= 0.3 is 0 Å². The molecule has 1 unspecified atom stereocenters. The van der Waals surface area contributed by atoms with E-state index < -0.39 is 0 Å². The number of thiazole rings is 1. The molecule has 1 atom stereocenters. The minimum absolute atomic E-state index is 0.163. The molecule has 0 spiro atoms. The van der Waals surface area contributed by atoms with E-state index in [2.05, 4.69) is 4.98 Å². The first kappa shape index (κ1) is 8.47. The van der Waals surface area contributed by atoms with Crippen molar-refractivity contribution in [3.05, 3.63) is 40.2 Å². The molecule has 0 aromatic carbocycles. The second kappa shape index (κ2) is 3.32. The van der Waals surface area contributed by atoms with Gasteiger partial charge in [-0.2, -0.15) is 0 Å². The molecule has 0 aliphatic carbocycles. The van der Waals surface area contributed by atoms with E-state index >= 15 is 0 Å². The van der Waals surface area contributed by atoms with Crippen LogP contribution in [-0.4, -0.2) is 4.98 Å². The van der Waals surface area contributed by atoms with Crippen LogP contribution in [-0.2, 0) is 0 Å². The zero-order valence-corrected chi connectivity index (χ0v) is 8.04. The van der Waals surface area contributed by atoms with E-state index in [9.17, 15) is 0 Å². The third-order valence-corrected chi connectivity index (χ3v) is 2.48. The summed E-state index contributed by atoms with van der Waals surface area (Å²) in [5.74, 6) is 0.876. The van der Waals surface area contributed by atoms with Gasteiger partial charge in [0.1, 0.15) is 5.76 Å². The maximum atomic E-state index is 5.96. The largest absolute Gasteiger partial charge is 0.469 e. The van der Waals surface area contributed by atoms with Crippen molar-refractivity contribution >= 4 is 11.3 Å². The van der Waals surface area contributed by atoms with Crippen LogP contribution in [0.3, 0.4) is 0 Å². The van der Waals surface area contributed by atoms with E-state index in [1.807, 2.05) is 18.4 Å². The highest BCUT2D eigenvalue weighted by molar-refractivity contribution is 7.07. The van der Waals surface area contributed by atoms with Gasteiger partial charge in [-0.3, -0.25) is 0 Å². The number of rotatable bonds is 2. The minimum Gasteiger partial charge on any atom is -0.469 e. The highest BCUT2D eigenvalue weighted by Gasteiger charge is 2.12. The Morgan fingerprint density at radius 2 is 2.46 bits per heavy atom. The Balaban J connectivity index is 2.28. The molecule has 0 aliphatic rings. The molecule has 13 heavy (non-hydrogen) atoms. The molecule has 0 aliphatic heterocycles. The quantitative estimate of drug-likeness (QED) is 0.796. The van der Waals surface area contributed by atoms with E-state index in [0.29, 0.717) is 0 Å².